The molecular weight excluding hydrogens is 304 g/mol. The molecule has 3 heterocycles. The predicted octanol–water partition coefficient (Wildman–Crippen LogP) is 3.98. The normalized spacial score (nSPS) is 11.3. The molecule has 2 N–H and O–H groups in total. The second-order valence-corrected chi connectivity index (χ2v) is 6.62. The molecule has 0 saturated heterocycles. The summed E-state index contributed by atoms with van der Waals surface area (Å²) in [7, 11) is 0. The second-order valence-electron chi connectivity index (χ2n) is 4.47. The standard InChI is InChI=1S/C14H10N4OS2/c1-7-17-12-10(21-7)6-9(8-3-5-20-13(8)12)19-11-2-4-16-14(15)18-11/h2-6H,1H3,(H2,15,16,18). The van der Waals surface area contributed by atoms with Gasteiger partial charge in [-0.15, -0.1) is 22.7 Å². The number of rotatable bonds is 2. The Balaban J connectivity index is 1.92. The number of hydrogen-bond acceptors (Lipinski definition) is 7. The summed E-state index contributed by atoms with van der Waals surface area (Å²) in [5, 5.41) is 4.12. The van der Waals surface area contributed by atoms with Gasteiger partial charge in [0.15, 0.2) is 0 Å². The third-order valence-corrected chi connectivity index (χ3v) is 4.87. The number of anilines is 1. The average molecular weight is 314 g/mol. The maximum Gasteiger partial charge on any atom is 0.224 e. The van der Waals surface area contributed by atoms with Gasteiger partial charge in [0.1, 0.15) is 5.75 Å². The van der Waals surface area contributed by atoms with Crippen molar-refractivity contribution >= 4 is 48.9 Å². The molecule has 21 heavy (non-hydrogen) atoms. The van der Waals surface area contributed by atoms with E-state index in [0.29, 0.717) is 5.88 Å². The van der Waals surface area contributed by atoms with E-state index in [-0.39, 0.29) is 5.95 Å². The molecular formula is C14H10N4OS2. The van der Waals surface area contributed by atoms with Crippen LogP contribution in [0.3, 0.4) is 0 Å². The Bertz CT molecular complexity index is 960. The minimum Gasteiger partial charge on any atom is -0.438 e. The number of benzene rings is 1. The first-order chi connectivity index (χ1) is 10.2. The molecule has 0 spiro atoms. The Labute approximate surface area is 128 Å². The van der Waals surface area contributed by atoms with Gasteiger partial charge < -0.3 is 10.5 Å². The van der Waals surface area contributed by atoms with Crippen LogP contribution in [0, 0.1) is 6.92 Å². The lowest BCUT2D eigenvalue weighted by Crippen LogP contribution is -1.96. The molecule has 5 nitrogen and oxygen atoms in total. The fraction of sp³-hybridized carbons (Fsp3) is 0.0714. The summed E-state index contributed by atoms with van der Waals surface area (Å²) >= 11 is 3.32. The van der Waals surface area contributed by atoms with E-state index in [1.807, 2.05) is 24.4 Å². The van der Waals surface area contributed by atoms with Crippen LogP contribution in [0.1, 0.15) is 5.01 Å². The summed E-state index contributed by atoms with van der Waals surface area (Å²) in [6.07, 6.45) is 1.58. The summed E-state index contributed by atoms with van der Waals surface area (Å²) in [5.41, 5.74) is 6.63. The molecule has 0 bridgehead atoms. The van der Waals surface area contributed by atoms with E-state index in [1.54, 1.807) is 34.9 Å². The van der Waals surface area contributed by atoms with Crippen LogP contribution in [0.15, 0.2) is 29.8 Å². The van der Waals surface area contributed by atoms with Gasteiger partial charge in [0, 0.05) is 23.7 Å². The molecule has 0 atom stereocenters. The van der Waals surface area contributed by atoms with Crippen LogP contribution in [0.4, 0.5) is 5.95 Å². The van der Waals surface area contributed by atoms with Crippen molar-refractivity contribution in [2.24, 2.45) is 0 Å². The van der Waals surface area contributed by atoms with Crippen LogP contribution < -0.4 is 10.5 Å². The van der Waals surface area contributed by atoms with Crippen molar-refractivity contribution < 1.29 is 4.74 Å². The molecule has 0 aliphatic heterocycles. The molecule has 104 valence electrons. The Morgan fingerprint density at radius 2 is 2.14 bits per heavy atom. The van der Waals surface area contributed by atoms with Crippen LogP contribution in [0.5, 0.6) is 11.6 Å². The molecule has 0 unspecified atom stereocenters. The summed E-state index contributed by atoms with van der Waals surface area (Å²) < 4.78 is 8.15. The molecule has 0 amide bonds. The largest absolute Gasteiger partial charge is 0.438 e. The molecule has 0 fully saturated rings. The van der Waals surface area contributed by atoms with Crippen LogP contribution >= 0.6 is 22.7 Å². The first kappa shape index (κ1) is 12.5. The van der Waals surface area contributed by atoms with Crippen LogP contribution in [-0.2, 0) is 0 Å². The Kier molecular flexibility index (Phi) is 2.76. The van der Waals surface area contributed by atoms with Crippen LogP contribution in [-0.4, -0.2) is 15.0 Å². The molecule has 0 saturated carbocycles. The number of aryl methyl sites for hydroxylation is 1. The monoisotopic (exact) mass is 314 g/mol. The van der Waals surface area contributed by atoms with E-state index in [1.165, 1.54) is 0 Å². The van der Waals surface area contributed by atoms with Gasteiger partial charge in [-0.05, 0) is 18.4 Å². The van der Waals surface area contributed by atoms with Crippen molar-refractivity contribution in [3.63, 3.8) is 0 Å². The highest BCUT2D eigenvalue weighted by atomic mass is 32.1. The lowest BCUT2D eigenvalue weighted by atomic mass is 10.2. The van der Waals surface area contributed by atoms with Crippen molar-refractivity contribution in [1.82, 2.24) is 15.0 Å². The van der Waals surface area contributed by atoms with Crippen molar-refractivity contribution in [2.45, 2.75) is 6.92 Å². The van der Waals surface area contributed by atoms with Gasteiger partial charge in [0.25, 0.3) is 0 Å². The predicted molar refractivity (Wildman–Crippen MR) is 86.3 cm³/mol. The van der Waals surface area contributed by atoms with Gasteiger partial charge in [-0.3, -0.25) is 0 Å². The van der Waals surface area contributed by atoms with Crippen molar-refractivity contribution in [3.05, 3.63) is 34.8 Å². The van der Waals surface area contributed by atoms with Gasteiger partial charge >= 0.3 is 0 Å². The number of nitrogens with zero attached hydrogens (tertiary/aromatic N) is 3. The van der Waals surface area contributed by atoms with E-state index in [9.17, 15) is 0 Å². The zero-order valence-corrected chi connectivity index (χ0v) is 12.7. The quantitative estimate of drug-likeness (QED) is 0.605. The summed E-state index contributed by atoms with van der Waals surface area (Å²) in [6, 6.07) is 5.73. The maximum absolute atomic E-state index is 5.90. The Morgan fingerprint density at radius 1 is 1.24 bits per heavy atom. The summed E-state index contributed by atoms with van der Waals surface area (Å²) in [5.74, 6) is 1.40. The molecule has 7 heteroatoms. The van der Waals surface area contributed by atoms with E-state index in [2.05, 4.69) is 15.0 Å². The molecule has 4 rings (SSSR count). The topological polar surface area (TPSA) is 73.9 Å². The molecule has 0 aliphatic carbocycles. The lowest BCUT2D eigenvalue weighted by molar-refractivity contribution is 0.468. The third kappa shape index (κ3) is 2.10. The Morgan fingerprint density at radius 3 is 3.00 bits per heavy atom. The number of hydrogen-bond donors (Lipinski definition) is 1. The zero-order chi connectivity index (χ0) is 14.4. The smallest absolute Gasteiger partial charge is 0.224 e. The van der Waals surface area contributed by atoms with E-state index in [4.69, 9.17) is 10.5 Å². The highest BCUT2D eigenvalue weighted by molar-refractivity contribution is 7.21. The number of fused-ring (bicyclic) bond motifs is 3. The lowest BCUT2D eigenvalue weighted by Gasteiger charge is -2.06. The van der Waals surface area contributed by atoms with E-state index < -0.39 is 0 Å². The fourth-order valence-electron chi connectivity index (χ4n) is 2.20. The maximum atomic E-state index is 5.90. The first-order valence-electron chi connectivity index (χ1n) is 6.24. The minimum atomic E-state index is 0.198. The number of ether oxygens (including phenoxy) is 1. The summed E-state index contributed by atoms with van der Waals surface area (Å²) in [6.45, 7) is 2.01. The van der Waals surface area contributed by atoms with Crippen LogP contribution in [0.2, 0.25) is 0 Å². The summed E-state index contributed by atoms with van der Waals surface area (Å²) in [4.78, 5) is 12.6. The van der Waals surface area contributed by atoms with Gasteiger partial charge in [-0.25, -0.2) is 9.97 Å². The van der Waals surface area contributed by atoms with E-state index >= 15 is 0 Å². The fourth-order valence-corrected chi connectivity index (χ4v) is 4.03. The SMILES string of the molecule is Cc1nc2c(cc(Oc3ccnc(N)n3)c3ccsc32)s1. The van der Waals surface area contributed by atoms with E-state index in [0.717, 1.165) is 31.1 Å². The Hall–Kier alpha value is -2.25. The van der Waals surface area contributed by atoms with Gasteiger partial charge in [0.2, 0.25) is 11.8 Å². The highest BCUT2D eigenvalue weighted by Gasteiger charge is 2.13. The molecule has 0 aliphatic rings. The average Bonchev–Trinajstić information content (AvgIpc) is 3.04. The number of nitrogen functional groups attached to an aromatic ring is 1. The number of thiazole rings is 1. The first-order valence-corrected chi connectivity index (χ1v) is 7.94. The van der Waals surface area contributed by atoms with Gasteiger partial charge in [-0.1, -0.05) is 0 Å². The van der Waals surface area contributed by atoms with Crippen molar-refractivity contribution in [3.8, 4) is 11.6 Å². The van der Waals surface area contributed by atoms with Gasteiger partial charge in [-0.2, -0.15) is 4.98 Å². The zero-order valence-electron chi connectivity index (χ0n) is 11.0. The molecule has 1 aromatic carbocycles. The molecule has 3 aromatic heterocycles. The second kappa shape index (κ2) is 4.64. The number of aromatic nitrogens is 3. The van der Waals surface area contributed by atoms with Crippen molar-refractivity contribution in [1.29, 1.82) is 0 Å². The molecule has 4 aromatic rings. The number of nitrogens with two attached hydrogens (primary N) is 1. The molecule has 0 radical (unpaired) electrons. The third-order valence-electron chi connectivity index (χ3n) is 3.03. The van der Waals surface area contributed by atoms with Crippen molar-refractivity contribution in [2.75, 3.05) is 5.73 Å². The number of thiophene rings is 1. The van der Waals surface area contributed by atoms with Crippen LogP contribution in [0.25, 0.3) is 20.3 Å². The minimum absolute atomic E-state index is 0.198. The van der Waals surface area contributed by atoms with Gasteiger partial charge in [0.05, 0.1) is 19.9 Å². The highest BCUT2D eigenvalue weighted by Crippen LogP contribution is 2.40.